The van der Waals surface area contributed by atoms with Crippen molar-refractivity contribution in [3.05, 3.63) is 0 Å². The van der Waals surface area contributed by atoms with Crippen LogP contribution >= 0.6 is 21.6 Å². The van der Waals surface area contributed by atoms with Crippen LogP contribution < -0.4 is 0 Å². The topological polar surface area (TPSA) is 18.5 Å². The minimum absolute atomic E-state index is 0.624. The third-order valence-electron chi connectivity index (χ3n) is 8.94. The van der Waals surface area contributed by atoms with Crippen LogP contribution in [0.1, 0.15) is 170 Å². The monoisotopic (exact) mass is 662 g/mol. The van der Waals surface area contributed by atoms with Crippen LogP contribution in [0.2, 0.25) is 24.2 Å². The van der Waals surface area contributed by atoms with E-state index in [2.05, 4.69) is 63.1 Å². The van der Waals surface area contributed by atoms with Crippen LogP contribution in [0.5, 0.6) is 0 Å². The Morgan fingerprint density at radius 2 is 0.714 bits per heavy atom. The molecular formula is C36H78O2S2Si2. The summed E-state index contributed by atoms with van der Waals surface area (Å²) >= 11 is 0. The highest BCUT2D eigenvalue weighted by Crippen LogP contribution is 2.28. The molecule has 42 heavy (non-hydrogen) atoms. The third-order valence-corrected chi connectivity index (χ3v) is 19.3. The van der Waals surface area contributed by atoms with Crippen molar-refractivity contribution in [1.29, 1.82) is 0 Å². The molecule has 0 aromatic carbocycles. The zero-order valence-electron chi connectivity index (χ0n) is 29.7. The van der Waals surface area contributed by atoms with E-state index in [4.69, 9.17) is 9.47 Å². The van der Waals surface area contributed by atoms with Crippen molar-refractivity contribution in [3.63, 3.8) is 0 Å². The fraction of sp³-hybridized carbons (Fsp3) is 1.00. The second-order valence-electron chi connectivity index (χ2n) is 13.0. The fourth-order valence-corrected chi connectivity index (χ4v) is 15.9. The van der Waals surface area contributed by atoms with E-state index in [1.807, 2.05) is 0 Å². The van der Waals surface area contributed by atoms with Gasteiger partial charge in [0.05, 0.1) is 17.6 Å². The predicted molar refractivity (Wildman–Crippen MR) is 204 cm³/mol. The van der Waals surface area contributed by atoms with Crippen molar-refractivity contribution < 1.29 is 9.47 Å². The molecule has 2 atom stereocenters. The van der Waals surface area contributed by atoms with Gasteiger partial charge in [0, 0.05) is 36.2 Å². The molecule has 0 saturated heterocycles. The highest BCUT2D eigenvalue weighted by Gasteiger charge is 2.24. The Morgan fingerprint density at radius 1 is 0.405 bits per heavy atom. The first-order valence-corrected chi connectivity index (χ1v) is 26.2. The Bertz CT molecular complexity index is 451. The van der Waals surface area contributed by atoms with E-state index in [0.29, 0.717) is 11.5 Å². The van der Waals surface area contributed by atoms with Gasteiger partial charge in [-0.25, -0.2) is 0 Å². The van der Waals surface area contributed by atoms with E-state index in [9.17, 15) is 0 Å². The lowest BCUT2D eigenvalue weighted by molar-refractivity contribution is 0.0926. The third kappa shape index (κ3) is 26.3. The molecule has 2 nitrogen and oxygen atoms in total. The van der Waals surface area contributed by atoms with Gasteiger partial charge in [0.1, 0.15) is 0 Å². The average Bonchev–Trinajstić information content (AvgIpc) is 2.99. The SMILES string of the molecule is CCCCC[SiH](CCCCC)C(CCCSSCCCC(OCCCC)[SiH](CCCCC)CCCCC)OCCCC. The largest absolute Gasteiger partial charge is 0.382 e. The Kier molecular flexibility index (Phi) is 35.8. The summed E-state index contributed by atoms with van der Waals surface area (Å²) in [5.74, 6) is 2.59. The summed E-state index contributed by atoms with van der Waals surface area (Å²) in [4.78, 5) is 0. The lowest BCUT2D eigenvalue weighted by Crippen LogP contribution is -2.34. The molecule has 0 saturated carbocycles. The summed E-state index contributed by atoms with van der Waals surface area (Å²) in [6.07, 6.45) is 27.1. The van der Waals surface area contributed by atoms with Crippen LogP contribution in [0.3, 0.4) is 0 Å². The van der Waals surface area contributed by atoms with Gasteiger partial charge in [0.2, 0.25) is 0 Å². The van der Waals surface area contributed by atoms with E-state index in [0.717, 1.165) is 13.2 Å². The van der Waals surface area contributed by atoms with Crippen molar-refractivity contribution in [2.45, 2.75) is 206 Å². The van der Waals surface area contributed by atoms with Gasteiger partial charge in [-0.1, -0.05) is 177 Å². The maximum Gasteiger partial charge on any atom is 0.0717 e. The normalized spacial score (nSPS) is 13.4. The summed E-state index contributed by atoms with van der Waals surface area (Å²) in [5.41, 5.74) is 1.25. The number of hydrogen-bond donors (Lipinski definition) is 0. The van der Waals surface area contributed by atoms with Gasteiger partial charge in [-0.3, -0.25) is 0 Å². The minimum atomic E-state index is -0.829. The Morgan fingerprint density at radius 3 is 1.00 bits per heavy atom. The molecule has 0 fully saturated rings. The highest BCUT2D eigenvalue weighted by molar-refractivity contribution is 8.76. The van der Waals surface area contributed by atoms with Gasteiger partial charge in [-0.05, 0) is 38.5 Å². The van der Waals surface area contributed by atoms with E-state index in [1.165, 1.54) is 164 Å². The van der Waals surface area contributed by atoms with Crippen molar-refractivity contribution in [1.82, 2.24) is 0 Å². The molecule has 6 heteroatoms. The quantitative estimate of drug-likeness (QED) is 0.0382. The zero-order valence-corrected chi connectivity index (χ0v) is 33.7. The number of rotatable bonds is 35. The molecule has 0 radical (unpaired) electrons. The van der Waals surface area contributed by atoms with E-state index in [-0.39, 0.29) is 0 Å². The second kappa shape index (κ2) is 34.9. The summed E-state index contributed by atoms with van der Waals surface area (Å²) < 4.78 is 13.3. The van der Waals surface area contributed by atoms with Crippen molar-refractivity contribution in [2.24, 2.45) is 0 Å². The molecule has 0 rings (SSSR count). The molecule has 0 bridgehead atoms. The predicted octanol–water partition coefficient (Wildman–Crippen LogP) is 12.6. The molecule has 2 unspecified atom stereocenters. The van der Waals surface area contributed by atoms with Crippen LogP contribution in [0.15, 0.2) is 0 Å². The molecule has 0 N–H and O–H groups in total. The number of unbranched alkanes of at least 4 members (excludes halogenated alkanes) is 10. The van der Waals surface area contributed by atoms with Crippen molar-refractivity contribution >= 4 is 39.2 Å². The van der Waals surface area contributed by atoms with Gasteiger partial charge in [-0.15, -0.1) is 0 Å². The van der Waals surface area contributed by atoms with Crippen LogP contribution in [-0.4, -0.2) is 53.8 Å². The molecule has 0 aliphatic carbocycles. The van der Waals surface area contributed by atoms with Gasteiger partial charge < -0.3 is 9.47 Å². The van der Waals surface area contributed by atoms with E-state index < -0.39 is 17.6 Å². The van der Waals surface area contributed by atoms with E-state index in [1.54, 1.807) is 0 Å². The average molecular weight is 663 g/mol. The minimum Gasteiger partial charge on any atom is -0.382 e. The molecule has 0 aromatic rings. The molecule has 0 aliphatic heterocycles. The Labute approximate surface area is 277 Å². The molecular weight excluding hydrogens is 585 g/mol. The van der Waals surface area contributed by atoms with Gasteiger partial charge in [0.25, 0.3) is 0 Å². The fourth-order valence-electron chi connectivity index (χ4n) is 6.13. The van der Waals surface area contributed by atoms with Gasteiger partial charge >= 0.3 is 0 Å². The molecule has 0 aromatic heterocycles. The number of hydrogen-bond acceptors (Lipinski definition) is 4. The van der Waals surface area contributed by atoms with Crippen LogP contribution in [0.25, 0.3) is 0 Å². The van der Waals surface area contributed by atoms with E-state index >= 15 is 0 Å². The summed E-state index contributed by atoms with van der Waals surface area (Å²) in [6.45, 7) is 16.0. The van der Waals surface area contributed by atoms with Gasteiger partial charge in [0.15, 0.2) is 0 Å². The molecule has 0 spiro atoms. The van der Waals surface area contributed by atoms with Crippen LogP contribution in [0.4, 0.5) is 0 Å². The smallest absolute Gasteiger partial charge is 0.0717 e. The Balaban J connectivity index is 4.68. The van der Waals surface area contributed by atoms with Crippen molar-refractivity contribution in [3.8, 4) is 0 Å². The second-order valence-corrected chi connectivity index (χ2v) is 22.5. The zero-order chi connectivity index (χ0) is 30.9. The maximum absolute atomic E-state index is 6.65. The standard InChI is InChI=1S/C36H78O2S2Si2/c1-7-13-19-31-41(32-20-14-8-2)35(37-27-17-11-5)25-23-29-39-40-30-24-26-36(38-28-18-12-6)42(33-21-15-9-3)34-22-16-10-4/h35-36,41-42H,7-34H2,1-6H3. The lowest BCUT2D eigenvalue weighted by atomic mass is 10.3. The van der Waals surface area contributed by atoms with Crippen LogP contribution in [-0.2, 0) is 9.47 Å². The summed E-state index contributed by atoms with van der Waals surface area (Å²) in [6, 6.07) is 6.05. The first kappa shape index (κ1) is 43.1. The first-order valence-electron chi connectivity index (χ1n) is 19.2. The summed E-state index contributed by atoms with van der Waals surface area (Å²) in [5, 5.41) is 0. The molecule has 0 amide bonds. The molecule has 0 heterocycles. The molecule has 0 aliphatic rings. The van der Waals surface area contributed by atoms with Crippen molar-refractivity contribution in [2.75, 3.05) is 24.7 Å². The first-order chi connectivity index (χ1) is 20.7. The summed E-state index contributed by atoms with van der Waals surface area (Å²) in [7, 11) is 2.62. The Hall–Kier alpha value is 1.05. The van der Waals surface area contributed by atoms with Crippen LogP contribution in [0, 0.1) is 0 Å². The molecule has 254 valence electrons. The maximum atomic E-state index is 6.65. The number of ether oxygens (including phenoxy) is 2. The van der Waals surface area contributed by atoms with Gasteiger partial charge in [-0.2, -0.15) is 0 Å². The lowest BCUT2D eigenvalue weighted by Gasteiger charge is -2.27. The highest BCUT2D eigenvalue weighted by atomic mass is 33.1.